The first kappa shape index (κ1) is 14.7. The maximum absolute atomic E-state index is 12.3. The van der Waals surface area contributed by atoms with Crippen LogP contribution in [0.15, 0.2) is 0 Å². The van der Waals surface area contributed by atoms with Gasteiger partial charge in [-0.05, 0) is 12.8 Å². The van der Waals surface area contributed by atoms with Crippen LogP contribution in [0.3, 0.4) is 0 Å². The number of thiocarbonyl (C=S) groups is 1. The van der Waals surface area contributed by atoms with Crippen molar-refractivity contribution < 1.29 is 17.9 Å². The maximum atomic E-state index is 12.3. The number of amides is 1. The number of sulfone groups is 1. The fourth-order valence-corrected chi connectivity index (χ4v) is 4.47. The lowest BCUT2D eigenvalue weighted by molar-refractivity contribution is -0.136. The summed E-state index contributed by atoms with van der Waals surface area (Å²) in [4.78, 5) is 14.1. The molecule has 0 bridgehead atoms. The molecule has 0 aromatic carbocycles. The highest BCUT2D eigenvalue weighted by atomic mass is 32.2. The van der Waals surface area contributed by atoms with Gasteiger partial charge in [-0.15, -0.1) is 0 Å². The fourth-order valence-electron chi connectivity index (χ4n) is 2.46. The minimum absolute atomic E-state index is 0.104. The van der Waals surface area contributed by atoms with Gasteiger partial charge in [0.1, 0.15) is 16.3 Å². The number of nitrogens with two attached hydrogens (primary N) is 1. The van der Waals surface area contributed by atoms with Gasteiger partial charge < -0.3 is 15.4 Å². The fraction of sp³-hybridized carbons (Fsp3) is 0.818. The van der Waals surface area contributed by atoms with E-state index in [9.17, 15) is 13.2 Å². The van der Waals surface area contributed by atoms with Crippen LogP contribution in [0.5, 0.6) is 0 Å². The minimum atomic E-state index is -3.31. The van der Waals surface area contributed by atoms with Crippen molar-refractivity contribution in [2.75, 3.05) is 25.4 Å². The second-order valence-corrected chi connectivity index (χ2v) is 7.67. The Kier molecular flexibility index (Phi) is 4.42. The van der Waals surface area contributed by atoms with Crippen LogP contribution in [0.4, 0.5) is 0 Å². The molecule has 2 saturated heterocycles. The van der Waals surface area contributed by atoms with E-state index in [1.165, 1.54) is 4.90 Å². The lowest BCUT2D eigenvalue weighted by atomic mass is 10.1. The molecule has 2 atom stereocenters. The molecule has 2 aliphatic rings. The van der Waals surface area contributed by atoms with Crippen LogP contribution in [-0.4, -0.2) is 61.0 Å². The zero-order chi connectivity index (χ0) is 14.0. The van der Waals surface area contributed by atoms with Crippen molar-refractivity contribution in [1.82, 2.24) is 4.90 Å². The maximum Gasteiger partial charge on any atom is 0.241 e. The van der Waals surface area contributed by atoms with Crippen LogP contribution in [0.25, 0.3) is 0 Å². The van der Waals surface area contributed by atoms with Crippen molar-refractivity contribution in [3.8, 4) is 0 Å². The lowest BCUT2D eigenvalue weighted by Crippen LogP contribution is -2.54. The summed E-state index contributed by atoms with van der Waals surface area (Å²) in [5.74, 6) is -0.226. The van der Waals surface area contributed by atoms with Crippen molar-refractivity contribution in [2.24, 2.45) is 5.73 Å². The van der Waals surface area contributed by atoms with E-state index >= 15 is 0 Å². The SMILES string of the molecule is NC(=S)C1CN(C(=O)C2CCCCS2(=O)=O)CCO1. The predicted octanol–water partition coefficient (Wildman–Crippen LogP) is -0.533. The monoisotopic (exact) mass is 306 g/mol. The summed E-state index contributed by atoms with van der Waals surface area (Å²) in [6.07, 6.45) is 1.36. The molecule has 0 aromatic rings. The third kappa shape index (κ3) is 3.24. The van der Waals surface area contributed by atoms with Crippen LogP contribution in [0.2, 0.25) is 0 Å². The number of morpholine rings is 1. The Balaban J connectivity index is 2.08. The molecule has 2 unspecified atom stereocenters. The largest absolute Gasteiger partial charge is 0.391 e. The topological polar surface area (TPSA) is 89.7 Å². The summed E-state index contributed by atoms with van der Waals surface area (Å²) in [6.45, 7) is 0.977. The molecule has 0 saturated carbocycles. The van der Waals surface area contributed by atoms with Crippen molar-refractivity contribution in [1.29, 1.82) is 0 Å². The van der Waals surface area contributed by atoms with Gasteiger partial charge in [-0.2, -0.15) is 0 Å². The molecule has 2 heterocycles. The van der Waals surface area contributed by atoms with Crippen LogP contribution in [0.1, 0.15) is 19.3 Å². The van der Waals surface area contributed by atoms with Crippen LogP contribution in [0, 0.1) is 0 Å². The molecule has 1 amide bonds. The molecule has 6 nitrogen and oxygen atoms in total. The average molecular weight is 306 g/mol. The van der Waals surface area contributed by atoms with Crippen molar-refractivity contribution in [3.05, 3.63) is 0 Å². The third-order valence-corrected chi connectivity index (χ3v) is 5.97. The summed E-state index contributed by atoms with van der Waals surface area (Å²) in [6, 6.07) is 0. The standard InChI is InChI=1S/C11H18N2O4S2/c12-10(18)8-7-13(4-5-17-8)11(14)9-3-1-2-6-19(9,15)16/h8-9H,1-7H2,(H2,12,18). The first-order valence-electron chi connectivity index (χ1n) is 6.33. The van der Waals surface area contributed by atoms with Crippen molar-refractivity contribution >= 4 is 33.0 Å². The molecule has 2 rings (SSSR count). The Morgan fingerprint density at radius 2 is 2.11 bits per heavy atom. The second kappa shape index (κ2) is 5.72. The van der Waals surface area contributed by atoms with Gasteiger partial charge in [-0.25, -0.2) is 8.42 Å². The van der Waals surface area contributed by atoms with Gasteiger partial charge in [0.05, 0.1) is 18.9 Å². The highest BCUT2D eigenvalue weighted by molar-refractivity contribution is 7.92. The van der Waals surface area contributed by atoms with Gasteiger partial charge in [0.25, 0.3) is 0 Å². The van der Waals surface area contributed by atoms with Crippen LogP contribution in [-0.2, 0) is 19.4 Å². The summed E-state index contributed by atoms with van der Waals surface area (Å²) < 4.78 is 29.3. The van der Waals surface area contributed by atoms with E-state index < -0.39 is 21.2 Å². The highest BCUT2D eigenvalue weighted by Gasteiger charge is 2.39. The predicted molar refractivity (Wildman–Crippen MR) is 74.5 cm³/mol. The molecular weight excluding hydrogens is 288 g/mol. The molecule has 8 heteroatoms. The normalized spacial score (nSPS) is 30.8. The minimum Gasteiger partial charge on any atom is -0.391 e. The Bertz CT molecular complexity index is 477. The molecule has 0 aliphatic carbocycles. The summed E-state index contributed by atoms with van der Waals surface area (Å²) >= 11 is 4.85. The zero-order valence-electron chi connectivity index (χ0n) is 10.6. The third-order valence-electron chi connectivity index (χ3n) is 3.55. The van der Waals surface area contributed by atoms with E-state index in [0.29, 0.717) is 26.0 Å². The van der Waals surface area contributed by atoms with Crippen molar-refractivity contribution in [3.63, 3.8) is 0 Å². The molecule has 2 N–H and O–H groups in total. The number of hydrogen-bond donors (Lipinski definition) is 1. The van der Waals surface area contributed by atoms with Gasteiger partial charge in [0.2, 0.25) is 5.91 Å². The molecule has 2 aliphatic heterocycles. The van der Waals surface area contributed by atoms with E-state index in [-0.39, 0.29) is 23.2 Å². The van der Waals surface area contributed by atoms with E-state index in [1.54, 1.807) is 0 Å². The zero-order valence-corrected chi connectivity index (χ0v) is 12.2. The molecular formula is C11H18N2O4S2. The Labute approximate surface area is 118 Å². The number of nitrogens with zero attached hydrogens (tertiary/aromatic N) is 1. The molecule has 0 spiro atoms. The van der Waals surface area contributed by atoms with Crippen LogP contribution >= 0.6 is 12.2 Å². The average Bonchev–Trinajstić information content (AvgIpc) is 2.37. The molecule has 19 heavy (non-hydrogen) atoms. The Morgan fingerprint density at radius 1 is 1.37 bits per heavy atom. The number of carbonyl (C=O) groups excluding carboxylic acids is 1. The lowest BCUT2D eigenvalue weighted by Gasteiger charge is -2.35. The van der Waals surface area contributed by atoms with Gasteiger partial charge >= 0.3 is 0 Å². The quantitative estimate of drug-likeness (QED) is 0.690. The number of ether oxygens (including phenoxy) is 1. The number of rotatable bonds is 2. The van der Waals surface area contributed by atoms with Crippen LogP contribution < -0.4 is 5.73 Å². The molecule has 0 radical (unpaired) electrons. The highest BCUT2D eigenvalue weighted by Crippen LogP contribution is 2.22. The van der Waals surface area contributed by atoms with E-state index in [4.69, 9.17) is 22.7 Å². The Hall–Kier alpha value is -0.730. The van der Waals surface area contributed by atoms with Gasteiger partial charge in [-0.3, -0.25) is 4.79 Å². The van der Waals surface area contributed by atoms with Crippen molar-refractivity contribution in [2.45, 2.75) is 30.6 Å². The van der Waals surface area contributed by atoms with Gasteiger partial charge in [0, 0.05) is 6.54 Å². The van der Waals surface area contributed by atoms with E-state index in [1.807, 2.05) is 0 Å². The molecule has 108 valence electrons. The summed E-state index contributed by atoms with van der Waals surface area (Å²) in [5, 5.41) is -0.897. The number of hydrogen-bond acceptors (Lipinski definition) is 5. The van der Waals surface area contributed by atoms with E-state index in [0.717, 1.165) is 6.42 Å². The Morgan fingerprint density at radius 3 is 2.74 bits per heavy atom. The molecule has 2 fully saturated rings. The van der Waals surface area contributed by atoms with E-state index in [2.05, 4.69) is 0 Å². The summed E-state index contributed by atoms with van der Waals surface area (Å²) in [5.41, 5.74) is 5.51. The number of carbonyl (C=O) groups is 1. The first-order valence-corrected chi connectivity index (χ1v) is 8.45. The first-order chi connectivity index (χ1) is 8.92. The second-order valence-electron chi connectivity index (χ2n) is 4.90. The summed E-state index contributed by atoms with van der Waals surface area (Å²) in [7, 11) is -3.31. The van der Waals surface area contributed by atoms with Gasteiger partial charge in [-0.1, -0.05) is 18.6 Å². The smallest absolute Gasteiger partial charge is 0.241 e. The van der Waals surface area contributed by atoms with Gasteiger partial charge in [0.15, 0.2) is 9.84 Å². The molecule has 0 aromatic heterocycles.